The normalized spacial score (nSPS) is 18.7. The maximum absolute atomic E-state index is 11.0. The van der Waals surface area contributed by atoms with Gasteiger partial charge in [0, 0.05) is 19.6 Å². The van der Waals surface area contributed by atoms with E-state index in [1.165, 1.54) is 5.56 Å². The van der Waals surface area contributed by atoms with E-state index in [2.05, 4.69) is 11.0 Å². The first-order valence-electron chi connectivity index (χ1n) is 8.84. The first-order valence-corrected chi connectivity index (χ1v) is 8.84. The molecule has 4 heteroatoms. The number of piperidine rings is 1. The molecule has 0 bridgehead atoms. The van der Waals surface area contributed by atoms with E-state index < -0.39 is 11.7 Å². The van der Waals surface area contributed by atoms with Crippen LogP contribution in [0.5, 0.6) is 5.75 Å². The monoisotopic (exact) mass is 341 g/mol. The first kappa shape index (κ1) is 17.9. The van der Waals surface area contributed by atoms with Gasteiger partial charge in [-0.05, 0) is 43.0 Å². The summed E-state index contributed by atoms with van der Waals surface area (Å²) < 4.78 is 5.15. The summed E-state index contributed by atoms with van der Waals surface area (Å²) in [7, 11) is 1.63. The predicted octanol–water partition coefficient (Wildman–Crippen LogP) is 3.02. The number of rotatable bonds is 5. The average molecular weight is 341 g/mol. The Balaban J connectivity index is 1.58. The van der Waals surface area contributed by atoms with Crippen molar-refractivity contribution < 1.29 is 14.9 Å². The van der Waals surface area contributed by atoms with Crippen molar-refractivity contribution >= 4 is 0 Å². The molecule has 134 valence electrons. The Morgan fingerprint density at radius 1 is 1.12 bits per heavy atom. The molecule has 1 fully saturated rings. The number of β-amino-alcohol motifs (C(OH)–C–C–N with tert-alkyl or cyclic N) is 1. The highest BCUT2D eigenvalue weighted by Gasteiger charge is 2.34. The van der Waals surface area contributed by atoms with Gasteiger partial charge in [0.1, 0.15) is 5.75 Å². The van der Waals surface area contributed by atoms with E-state index in [1.54, 1.807) is 7.11 Å². The maximum atomic E-state index is 11.0. The van der Waals surface area contributed by atoms with Gasteiger partial charge in [-0.2, -0.15) is 0 Å². The second-order valence-corrected chi connectivity index (χ2v) is 6.99. The van der Waals surface area contributed by atoms with Crippen molar-refractivity contribution in [2.24, 2.45) is 0 Å². The van der Waals surface area contributed by atoms with Gasteiger partial charge in [0.25, 0.3) is 0 Å². The van der Waals surface area contributed by atoms with Gasteiger partial charge in [-0.3, -0.25) is 0 Å². The zero-order valence-corrected chi connectivity index (χ0v) is 15.0. The minimum Gasteiger partial charge on any atom is -0.497 e. The molecule has 2 aromatic rings. The quantitative estimate of drug-likeness (QED) is 0.878. The van der Waals surface area contributed by atoms with E-state index in [1.807, 2.05) is 49.4 Å². The van der Waals surface area contributed by atoms with Crippen LogP contribution in [-0.4, -0.2) is 41.9 Å². The van der Waals surface area contributed by atoms with Gasteiger partial charge in [-0.15, -0.1) is 0 Å². The van der Waals surface area contributed by atoms with Gasteiger partial charge in [0.15, 0.2) is 0 Å². The fourth-order valence-electron chi connectivity index (χ4n) is 3.50. The maximum Gasteiger partial charge on any atom is 0.118 e. The van der Waals surface area contributed by atoms with Crippen LogP contribution in [0, 0.1) is 6.92 Å². The Bertz CT molecular complexity index is 691. The lowest BCUT2D eigenvalue weighted by Crippen LogP contribution is -2.44. The zero-order chi connectivity index (χ0) is 17.9. The summed E-state index contributed by atoms with van der Waals surface area (Å²) >= 11 is 0. The first-order chi connectivity index (χ1) is 12.0. The van der Waals surface area contributed by atoms with Crippen LogP contribution in [0.2, 0.25) is 0 Å². The van der Waals surface area contributed by atoms with E-state index in [-0.39, 0.29) is 0 Å². The summed E-state index contributed by atoms with van der Waals surface area (Å²) in [6.07, 6.45) is 0.841. The van der Waals surface area contributed by atoms with E-state index in [4.69, 9.17) is 4.74 Å². The van der Waals surface area contributed by atoms with Crippen molar-refractivity contribution in [2.45, 2.75) is 31.5 Å². The van der Waals surface area contributed by atoms with Crippen LogP contribution in [-0.2, 0) is 5.60 Å². The SMILES string of the molecule is COc1ccc([C@H](O)CN2CCC(O)(c3cccc(C)c3)CC2)cc1. The Labute approximate surface area is 149 Å². The molecule has 0 amide bonds. The fourth-order valence-corrected chi connectivity index (χ4v) is 3.50. The third-order valence-corrected chi connectivity index (χ3v) is 5.17. The number of likely N-dealkylation sites (tertiary alicyclic amines) is 1. The van der Waals surface area contributed by atoms with E-state index >= 15 is 0 Å². The van der Waals surface area contributed by atoms with Crippen LogP contribution in [0.4, 0.5) is 0 Å². The molecule has 0 saturated carbocycles. The number of hydrogen-bond acceptors (Lipinski definition) is 4. The smallest absolute Gasteiger partial charge is 0.118 e. The molecule has 1 saturated heterocycles. The molecule has 0 aliphatic carbocycles. The highest BCUT2D eigenvalue weighted by molar-refractivity contribution is 5.29. The number of hydrogen-bond donors (Lipinski definition) is 2. The largest absolute Gasteiger partial charge is 0.497 e. The van der Waals surface area contributed by atoms with Crippen LogP contribution in [0.3, 0.4) is 0 Å². The Hall–Kier alpha value is -1.88. The van der Waals surface area contributed by atoms with Gasteiger partial charge >= 0.3 is 0 Å². The summed E-state index contributed by atoms with van der Waals surface area (Å²) in [4.78, 5) is 2.22. The highest BCUT2D eigenvalue weighted by Crippen LogP contribution is 2.33. The van der Waals surface area contributed by atoms with Gasteiger partial charge in [0.05, 0.1) is 18.8 Å². The van der Waals surface area contributed by atoms with Crippen molar-refractivity contribution in [3.05, 3.63) is 65.2 Å². The molecule has 0 aromatic heterocycles. The lowest BCUT2D eigenvalue weighted by atomic mass is 9.84. The zero-order valence-electron chi connectivity index (χ0n) is 15.0. The van der Waals surface area contributed by atoms with Gasteiger partial charge in [-0.1, -0.05) is 42.0 Å². The van der Waals surface area contributed by atoms with Gasteiger partial charge in [0.2, 0.25) is 0 Å². The number of ether oxygens (including phenoxy) is 1. The highest BCUT2D eigenvalue weighted by atomic mass is 16.5. The second kappa shape index (κ2) is 7.56. The van der Waals surface area contributed by atoms with Crippen molar-refractivity contribution in [3.63, 3.8) is 0 Å². The summed E-state index contributed by atoms with van der Waals surface area (Å²) in [6, 6.07) is 15.7. The molecule has 4 nitrogen and oxygen atoms in total. The summed E-state index contributed by atoms with van der Waals surface area (Å²) in [5.41, 5.74) is 2.31. The average Bonchev–Trinajstić information content (AvgIpc) is 2.64. The summed E-state index contributed by atoms with van der Waals surface area (Å²) in [6.45, 7) is 4.18. The predicted molar refractivity (Wildman–Crippen MR) is 98.7 cm³/mol. The van der Waals surface area contributed by atoms with Crippen molar-refractivity contribution in [1.29, 1.82) is 0 Å². The number of nitrogens with zero attached hydrogens (tertiary/aromatic N) is 1. The molecule has 1 heterocycles. The fraction of sp³-hybridized carbons (Fsp3) is 0.429. The van der Waals surface area contributed by atoms with Crippen LogP contribution < -0.4 is 4.74 Å². The minimum atomic E-state index is -0.756. The summed E-state index contributed by atoms with van der Waals surface area (Å²) in [5.74, 6) is 0.789. The summed E-state index contributed by atoms with van der Waals surface area (Å²) in [5, 5.41) is 21.5. The van der Waals surface area contributed by atoms with E-state index in [0.29, 0.717) is 19.4 Å². The molecule has 0 radical (unpaired) electrons. The molecule has 2 N–H and O–H groups in total. The molecular formula is C21H27NO3. The second-order valence-electron chi connectivity index (χ2n) is 6.99. The lowest BCUT2D eigenvalue weighted by Gasteiger charge is -2.39. The van der Waals surface area contributed by atoms with E-state index in [0.717, 1.165) is 30.0 Å². The topological polar surface area (TPSA) is 52.9 Å². The van der Waals surface area contributed by atoms with Gasteiger partial charge < -0.3 is 19.8 Å². The molecule has 25 heavy (non-hydrogen) atoms. The number of aryl methyl sites for hydroxylation is 1. The number of aliphatic hydroxyl groups excluding tert-OH is 1. The van der Waals surface area contributed by atoms with Crippen LogP contribution in [0.15, 0.2) is 48.5 Å². The van der Waals surface area contributed by atoms with Gasteiger partial charge in [-0.25, -0.2) is 0 Å². The Kier molecular flexibility index (Phi) is 5.42. The van der Waals surface area contributed by atoms with Crippen molar-refractivity contribution in [1.82, 2.24) is 4.90 Å². The number of benzene rings is 2. The number of aliphatic hydroxyl groups is 2. The minimum absolute atomic E-state index is 0.531. The third kappa shape index (κ3) is 4.21. The van der Waals surface area contributed by atoms with Crippen molar-refractivity contribution in [2.75, 3.05) is 26.7 Å². The molecular weight excluding hydrogens is 314 g/mol. The third-order valence-electron chi connectivity index (χ3n) is 5.17. The molecule has 0 spiro atoms. The molecule has 3 rings (SSSR count). The van der Waals surface area contributed by atoms with Crippen LogP contribution in [0.25, 0.3) is 0 Å². The molecule has 1 aliphatic rings. The molecule has 0 unspecified atom stereocenters. The van der Waals surface area contributed by atoms with E-state index in [9.17, 15) is 10.2 Å². The van der Waals surface area contributed by atoms with Crippen LogP contribution in [0.1, 0.15) is 35.6 Å². The van der Waals surface area contributed by atoms with Crippen molar-refractivity contribution in [3.8, 4) is 5.75 Å². The van der Waals surface area contributed by atoms with Crippen LogP contribution >= 0.6 is 0 Å². The lowest BCUT2D eigenvalue weighted by molar-refractivity contribution is -0.0345. The standard InChI is InChI=1S/C21H27NO3/c1-16-4-3-5-18(14-16)21(24)10-12-22(13-11-21)15-20(23)17-6-8-19(25-2)9-7-17/h3-9,14,20,23-24H,10-13,15H2,1-2H3/t20-/m1/s1. The molecule has 1 aliphatic heterocycles. The molecule has 2 aromatic carbocycles. The Morgan fingerprint density at radius 3 is 2.40 bits per heavy atom. The molecule has 1 atom stereocenters. The number of methoxy groups -OCH3 is 1. The Morgan fingerprint density at radius 2 is 1.80 bits per heavy atom.